The van der Waals surface area contributed by atoms with Crippen molar-refractivity contribution in [2.75, 3.05) is 11.9 Å². The highest BCUT2D eigenvalue weighted by molar-refractivity contribution is 5.72. The van der Waals surface area contributed by atoms with E-state index in [0.717, 1.165) is 28.1 Å². The highest BCUT2D eigenvalue weighted by Gasteiger charge is 2.36. The van der Waals surface area contributed by atoms with E-state index in [4.69, 9.17) is 0 Å². The summed E-state index contributed by atoms with van der Waals surface area (Å²) in [5, 5.41) is 0. The average molecular weight is 401 g/mol. The molecule has 2 aliphatic carbocycles. The first-order valence-electron chi connectivity index (χ1n) is 9.17. The number of fused-ring (bicyclic) bond motifs is 1. The number of hydrogen-bond acceptors (Lipinski definition) is 2. The molecule has 1 aromatic rings. The lowest BCUT2D eigenvalue weighted by Gasteiger charge is -2.30. The third-order valence-electron chi connectivity index (χ3n) is 4.84. The first-order valence-corrected chi connectivity index (χ1v) is 9.17. The minimum atomic E-state index is -4.71. The average Bonchev–Trinajstić information content (AvgIpc) is 3.43. The molecule has 0 amide bonds. The fraction of sp³-hybridized carbons (Fsp3) is 0.208. The van der Waals surface area contributed by atoms with E-state index in [1.807, 2.05) is 18.0 Å². The molecule has 0 fully saturated rings. The topological polar surface area (TPSA) is 12.5 Å². The molecular weight excluding hydrogens is 375 g/mol. The predicted molar refractivity (Wildman–Crippen MR) is 115 cm³/mol. The molecule has 0 saturated carbocycles. The van der Waals surface area contributed by atoms with Gasteiger partial charge in [0.1, 0.15) is 5.75 Å². The zero-order valence-electron chi connectivity index (χ0n) is 16.2. The standard InChI is InChI=1S/C24H22F3NO.2H2/c1-5-8-16(7-3)22-17(9-6-2)14-18-15-21(18)23(22)28(4)19-10-12-20(13-11-19)29-24(25,26)27;;/h5-6,10-15,18H,1-3,8-9H2,4H3;2*1H. The van der Waals surface area contributed by atoms with Gasteiger partial charge in [0.05, 0.1) is 5.70 Å². The second kappa shape index (κ2) is 8.06. The molecule has 0 N–H and O–H groups in total. The molecule has 1 aromatic carbocycles. The molecule has 0 aromatic heterocycles. The van der Waals surface area contributed by atoms with Gasteiger partial charge in [0.15, 0.2) is 0 Å². The van der Waals surface area contributed by atoms with Crippen molar-refractivity contribution in [3.05, 3.63) is 102 Å². The molecule has 3 rings (SSSR count). The molecule has 0 saturated heterocycles. The highest BCUT2D eigenvalue weighted by Crippen LogP contribution is 2.49. The largest absolute Gasteiger partial charge is 0.573 e. The molecule has 0 bridgehead atoms. The summed E-state index contributed by atoms with van der Waals surface area (Å²) in [7, 11) is 1.90. The van der Waals surface area contributed by atoms with Gasteiger partial charge < -0.3 is 9.64 Å². The summed E-state index contributed by atoms with van der Waals surface area (Å²) in [5.74, 6) is 0.0235. The van der Waals surface area contributed by atoms with E-state index in [0.29, 0.717) is 12.8 Å². The lowest BCUT2D eigenvalue weighted by atomic mass is 9.86. The van der Waals surface area contributed by atoms with E-state index < -0.39 is 6.36 Å². The Morgan fingerprint density at radius 2 is 1.90 bits per heavy atom. The third-order valence-corrected chi connectivity index (χ3v) is 4.84. The van der Waals surface area contributed by atoms with Gasteiger partial charge in [-0.1, -0.05) is 30.9 Å². The Morgan fingerprint density at radius 1 is 1.21 bits per heavy atom. The molecule has 0 spiro atoms. The first kappa shape index (κ1) is 20.6. The van der Waals surface area contributed by atoms with Crippen LogP contribution in [0, 0.1) is 5.92 Å². The molecule has 154 valence electrons. The van der Waals surface area contributed by atoms with Crippen molar-refractivity contribution in [3.63, 3.8) is 0 Å². The van der Waals surface area contributed by atoms with Crippen LogP contribution >= 0.6 is 0 Å². The van der Waals surface area contributed by atoms with Crippen LogP contribution in [0.4, 0.5) is 18.9 Å². The summed E-state index contributed by atoms with van der Waals surface area (Å²) in [6, 6.07) is 5.85. The van der Waals surface area contributed by atoms with Crippen molar-refractivity contribution >= 4 is 5.69 Å². The van der Waals surface area contributed by atoms with E-state index >= 15 is 0 Å². The second-order valence-corrected chi connectivity index (χ2v) is 6.80. The fourth-order valence-electron chi connectivity index (χ4n) is 3.55. The van der Waals surface area contributed by atoms with Gasteiger partial charge in [-0.05, 0) is 48.3 Å². The van der Waals surface area contributed by atoms with E-state index in [9.17, 15) is 13.2 Å². The molecular formula is C24H26F3NO. The normalized spacial score (nSPS) is 17.4. The molecule has 2 aliphatic rings. The summed E-state index contributed by atoms with van der Waals surface area (Å²) in [5.41, 5.74) is 9.06. The number of alkyl halides is 3. The number of likely N-dealkylation sites (N-methyl/N-ethyl adjacent to an activating group) is 1. The van der Waals surface area contributed by atoms with Crippen molar-refractivity contribution in [2.24, 2.45) is 5.92 Å². The Morgan fingerprint density at radius 3 is 2.45 bits per heavy atom. The minimum absolute atomic E-state index is 0. The molecule has 1 unspecified atom stereocenters. The van der Waals surface area contributed by atoms with Gasteiger partial charge in [-0.15, -0.1) is 32.1 Å². The monoisotopic (exact) mass is 401 g/mol. The van der Waals surface area contributed by atoms with Gasteiger partial charge in [-0.3, -0.25) is 0 Å². The van der Waals surface area contributed by atoms with E-state index in [2.05, 4.69) is 42.4 Å². The van der Waals surface area contributed by atoms with E-state index in [1.165, 1.54) is 17.7 Å². The quantitative estimate of drug-likeness (QED) is 0.339. The number of rotatable bonds is 8. The summed E-state index contributed by atoms with van der Waals surface area (Å²) in [4.78, 5) is 1.98. The van der Waals surface area contributed by atoms with Crippen molar-refractivity contribution < 1.29 is 20.8 Å². The second-order valence-electron chi connectivity index (χ2n) is 6.80. The van der Waals surface area contributed by atoms with Crippen molar-refractivity contribution in [3.8, 4) is 5.75 Å². The zero-order chi connectivity index (χ0) is 21.2. The number of ether oxygens (including phenoxy) is 1. The van der Waals surface area contributed by atoms with Crippen LogP contribution in [0.2, 0.25) is 0 Å². The number of hydrogen-bond donors (Lipinski definition) is 0. The van der Waals surface area contributed by atoms with Crippen molar-refractivity contribution in [1.82, 2.24) is 0 Å². The van der Waals surface area contributed by atoms with Gasteiger partial charge in [-0.25, -0.2) is 0 Å². The molecule has 5 heteroatoms. The maximum absolute atomic E-state index is 12.4. The Hall–Kier alpha value is -3.17. The van der Waals surface area contributed by atoms with Crippen LogP contribution < -0.4 is 9.64 Å². The number of anilines is 1. The predicted octanol–water partition coefficient (Wildman–Crippen LogP) is 7.13. The van der Waals surface area contributed by atoms with Crippen LogP contribution in [-0.2, 0) is 0 Å². The summed E-state index contributed by atoms with van der Waals surface area (Å²) < 4.78 is 41.3. The van der Waals surface area contributed by atoms with Gasteiger partial charge in [-0.2, -0.15) is 0 Å². The van der Waals surface area contributed by atoms with Crippen LogP contribution in [0.15, 0.2) is 102 Å². The molecule has 0 aliphatic heterocycles. The number of benzene rings is 1. The van der Waals surface area contributed by atoms with Gasteiger partial charge >= 0.3 is 6.36 Å². The Kier molecular flexibility index (Phi) is 5.71. The Balaban J connectivity index is 0.00000240. The molecule has 0 radical (unpaired) electrons. The van der Waals surface area contributed by atoms with Crippen LogP contribution in [0.5, 0.6) is 5.75 Å². The number of nitrogens with zero attached hydrogens (tertiary/aromatic N) is 1. The number of allylic oxidation sites excluding steroid dienone is 8. The molecule has 1 atom stereocenters. The smallest absolute Gasteiger partial charge is 0.406 e. The third kappa shape index (κ3) is 4.47. The van der Waals surface area contributed by atoms with Crippen molar-refractivity contribution in [1.29, 1.82) is 0 Å². The molecule has 2 nitrogen and oxygen atoms in total. The van der Waals surface area contributed by atoms with Crippen molar-refractivity contribution in [2.45, 2.75) is 19.2 Å². The van der Waals surface area contributed by atoms with Crippen LogP contribution in [0.1, 0.15) is 15.7 Å². The maximum Gasteiger partial charge on any atom is 0.573 e. The van der Waals surface area contributed by atoms with Crippen LogP contribution in [0.25, 0.3) is 0 Å². The zero-order valence-corrected chi connectivity index (χ0v) is 16.2. The number of halogens is 3. The minimum Gasteiger partial charge on any atom is -0.406 e. The van der Waals surface area contributed by atoms with Gasteiger partial charge in [0, 0.05) is 32.7 Å². The lowest BCUT2D eigenvalue weighted by Crippen LogP contribution is -2.22. The summed E-state index contributed by atoms with van der Waals surface area (Å²) in [6.07, 6.45) is 4.64. The van der Waals surface area contributed by atoms with Gasteiger partial charge in [0.25, 0.3) is 0 Å². The van der Waals surface area contributed by atoms with E-state index in [-0.39, 0.29) is 14.5 Å². The summed E-state index contributed by atoms with van der Waals surface area (Å²) in [6.45, 7) is 11.5. The Labute approximate surface area is 172 Å². The fourth-order valence-corrected chi connectivity index (χ4v) is 3.55. The van der Waals surface area contributed by atoms with Crippen LogP contribution in [-0.4, -0.2) is 13.4 Å². The maximum atomic E-state index is 12.4. The SMILES string of the molecule is C=C=C(CC=C)C1=C(N(C)c2ccc(OC(F)(F)F)cc2)C2=CC2C=C1CC=C.[HH].[HH]. The summed E-state index contributed by atoms with van der Waals surface area (Å²) >= 11 is 0. The lowest BCUT2D eigenvalue weighted by molar-refractivity contribution is -0.274. The van der Waals surface area contributed by atoms with Gasteiger partial charge in [0.2, 0.25) is 0 Å². The molecule has 29 heavy (non-hydrogen) atoms. The van der Waals surface area contributed by atoms with E-state index in [1.54, 1.807) is 18.2 Å². The first-order chi connectivity index (χ1) is 13.8. The molecule has 0 heterocycles. The van der Waals surface area contributed by atoms with Crippen LogP contribution in [0.3, 0.4) is 0 Å². The highest BCUT2D eigenvalue weighted by atomic mass is 19.4. The Bertz CT molecular complexity index is 981.